The van der Waals surface area contributed by atoms with Crippen LogP contribution in [0.15, 0.2) is 0 Å². The highest BCUT2D eigenvalue weighted by Gasteiger charge is 1.78. The van der Waals surface area contributed by atoms with Gasteiger partial charge in [0.1, 0.15) is 0 Å². The van der Waals surface area contributed by atoms with Crippen molar-refractivity contribution in [3.63, 3.8) is 0 Å². The first-order valence-corrected chi connectivity index (χ1v) is 3.08. The predicted octanol–water partition coefficient (Wildman–Crippen LogP) is 1.72. The first-order valence-electron chi connectivity index (χ1n) is 3.08. The molecule has 0 heterocycles. The smallest absolute Gasteiger partial charge is 0.0649 e. The second-order valence-electron chi connectivity index (χ2n) is 2.38. The van der Waals surface area contributed by atoms with E-state index in [0.717, 1.165) is 0 Å². The Hall–Kier alpha value is -0.590. The average molecular weight is 146 g/mol. The molecular formula is C7H18N2O. The zero-order chi connectivity index (χ0) is 7.86. The molecular weight excluding hydrogens is 128 g/mol. The number of hydrogen-bond donors (Lipinski definition) is 2. The highest BCUT2D eigenvalue weighted by Crippen LogP contribution is 1.81. The maximum atomic E-state index is 8.06. The molecule has 0 bridgehead atoms. The molecule has 0 aliphatic heterocycles. The lowest BCUT2D eigenvalue weighted by atomic mass is 10.3. The molecule has 62 valence electrons. The molecule has 0 aliphatic carbocycles. The number of nitriles is 1. The molecule has 3 heteroatoms. The Morgan fingerprint density at radius 2 is 1.30 bits per heavy atom. The highest BCUT2D eigenvalue weighted by molar-refractivity contribution is 4.72. The van der Waals surface area contributed by atoms with E-state index in [1.807, 2.05) is 19.9 Å². The number of aliphatic hydroxyl groups is 1. The predicted molar refractivity (Wildman–Crippen MR) is 42.8 cm³/mol. The minimum atomic E-state index is -0.167. The van der Waals surface area contributed by atoms with Crippen LogP contribution < -0.4 is 6.15 Å². The van der Waals surface area contributed by atoms with Gasteiger partial charge in [-0.05, 0) is 27.7 Å². The molecule has 0 spiro atoms. The van der Waals surface area contributed by atoms with Crippen molar-refractivity contribution in [2.24, 2.45) is 5.92 Å². The molecule has 0 fully saturated rings. The molecule has 3 nitrogen and oxygen atoms in total. The van der Waals surface area contributed by atoms with Crippen LogP contribution in [0.25, 0.3) is 0 Å². The van der Waals surface area contributed by atoms with Gasteiger partial charge < -0.3 is 11.3 Å². The van der Waals surface area contributed by atoms with E-state index >= 15 is 0 Å². The van der Waals surface area contributed by atoms with Crippen LogP contribution in [-0.2, 0) is 0 Å². The summed E-state index contributed by atoms with van der Waals surface area (Å²) in [6.07, 6.45) is -0.167. The van der Waals surface area contributed by atoms with Crippen LogP contribution in [0.3, 0.4) is 0 Å². The molecule has 0 aromatic rings. The third-order valence-corrected chi connectivity index (χ3v) is 0.258. The molecule has 0 saturated heterocycles. The quantitative estimate of drug-likeness (QED) is 0.546. The van der Waals surface area contributed by atoms with Crippen molar-refractivity contribution >= 4 is 0 Å². The molecule has 0 amide bonds. The summed E-state index contributed by atoms with van der Waals surface area (Å²) in [5.41, 5.74) is 0. The SMILES string of the molecule is CC(C)C#N.CC(C)O.N. The van der Waals surface area contributed by atoms with Gasteiger partial charge in [0.25, 0.3) is 0 Å². The maximum Gasteiger partial charge on any atom is 0.0649 e. The zero-order valence-corrected chi connectivity index (χ0v) is 7.26. The van der Waals surface area contributed by atoms with E-state index in [0.29, 0.717) is 0 Å². The third kappa shape index (κ3) is 153. The largest absolute Gasteiger partial charge is 0.394 e. The van der Waals surface area contributed by atoms with Gasteiger partial charge in [0.15, 0.2) is 0 Å². The minimum Gasteiger partial charge on any atom is -0.394 e. The first-order chi connectivity index (χ1) is 4.00. The lowest BCUT2D eigenvalue weighted by Crippen LogP contribution is -1.85. The van der Waals surface area contributed by atoms with E-state index in [2.05, 4.69) is 0 Å². The summed E-state index contributed by atoms with van der Waals surface area (Å²) in [6, 6.07) is 2.03. The van der Waals surface area contributed by atoms with Crippen LogP contribution in [0.5, 0.6) is 0 Å². The molecule has 0 radical (unpaired) electrons. The van der Waals surface area contributed by atoms with Gasteiger partial charge >= 0.3 is 0 Å². The Kier molecular flexibility index (Phi) is 18.2. The second kappa shape index (κ2) is 11.2. The van der Waals surface area contributed by atoms with E-state index in [4.69, 9.17) is 10.4 Å². The third-order valence-electron chi connectivity index (χ3n) is 0.258. The summed E-state index contributed by atoms with van der Waals surface area (Å²) in [6.45, 7) is 7.17. The van der Waals surface area contributed by atoms with Gasteiger partial charge in [-0.25, -0.2) is 0 Å². The maximum absolute atomic E-state index is 8.06. The average Bonchev–Trinajstić information content (AvgIpc) is 1.65. The molecule has 0 aromatic carbocycles. The Morgan fingerprint density at radius 3 is 1.30 bits per heavy atom. The van der Waals surface area contributed by atoms with Crippen LogP contribution in [0.2, 0.25) is 0 Å². The molecule has 4 N–H and O–H groups in total. The van der Waals surface area contributed by atoms with Crippen molar-refractivity contribution in [3.05, 3.63) is 0 Å². The van der Waals surface area contributed by atoms with Crippen LogP contribution in [0.1, 0.15) is 27.7 Å². The van der Waals surface area contributed by atoms with Crippen molar-refractivity contribution in [3.8, 4) is 6.07 Å². The normalized spacial score (nSPS) is 7.40. The van der Waals surface area contributed by atoms with Crippen molar-refractivity contribution < 1.29 is 5.11 Å². The molecule has 0 rings (SSSR count). The fourth-order valence-corrected chi connectivity index (χ4v) is 0. The topological polar surface area (TPSA) is 79.0 Å². The Bertz CT molecular complexity index is 81.3. The molecule has 10 heavy (non-hydrogen) atoms. The molecule has 0 unspecified atom stereocenters. The monoisotopic (exact) mass is 146 g/mol. The lowest BCUT2D eigenvalue weighted by molar-refractivity contribution is 0.216. The van der Waals surface area contributed by atoms with E-state index in [1.165, 1.54) is 0 Å². The van der Waals surface area contributed by atoms with Gasteiger partial charge in [-0.3, -0.25) is 0 Å². The summed E-state index contributed by atoms with van der Waals surface area (Å²) in [4.78, 5) is 0. The minimum absolute atomic E-state index is 0. The van der Waals surface area contributed by atoms with Crippen molar-refractivity contribution in [2.75, 3.05) is 0 Å². The van der Waals surface area contributed by atoms with Crippen molar-refractivity contribution in [1.82, 2.24) is 6.15 Å². The van der Waals surface area contributed by atoms with Crippen molar-refractivity contribution in [2.45, 2.75) is 33.8 Å². The van der Waals surface area contributed by atoms with E-state index in [1.54, 1.807) is 13.8 Å². The summed E-state index contributed by atoms with van der Waals surface area (Å²) in [7, 11) is 0. The molecule has 0 saturated carbocycles. The Balaban J connectivity index is -0.0000000910. The van der Waals surface area contributed by atoms with Crippen LogP contribution >= 0.6 is 0 Å². The number of rotatable bonds is 0. The van der Waals surface area contributed by atoms with E-state index < -0.39 is 0 Å². The van der Waals surface area contributed by atoms with Gasteiger partial charge in [0.05, 0.1) is 6.07 Å². The zero-order valence-electron chi connectivity index (χ0n) is 7.26. The molecule has 0 aromatic heterocycles. The van der Waals surface area contributed by atoms with Crippen molar-refractivity contribution in [1.29, 1.82) is 5.26 Å². The second-order valence-corrected chi connectivity index (χ2v) is 2.38. The molecule has 0 aliphatic rings. The van der Waals surface area contributed by atoms with E-state index in [9.17, 15) is 0 Å². The first kappa shape index (κ1) is 16.2. The van der Waals surface area contributed by atoms with Crippen LogP contribution in [0, 0.1) is 17.2 Å². The van der Waals surface area contributed by atoms with Gasteiger partial charge in [0.2, 0.25) is 0 Å². The number of nitrogens with zero attached hydrogens (tertiary/aromatic N) is 1. The van der Waals surface area contributed by atoms with Crippen LogP contribution in [0.4, 0.5) is 0 Å². The van der Waals surface area contributed by atoms with Gasteiger partial charge in [0, 0.05) is 12.0 Å². The lowest BCUT2D eigenvalue weighted by Gasteiger charge is -1.80. The fraction of sp³-hybridized carbons (Fsp3) is 0.857. The van der Waals surface area contributed by atoms with Gasteiger partial charge in [-0.15, -0.1) is 0 Å². The summed E-state index contributed by atoms with van der Waals surface area (Å²) < 4.78 is 0. The van der Waals surface area contributed by atoms with Gasteiger partial charge in [-0.2, -0.15) is 5.26 Å². The fourth-order valence-electron chi connectivity index (χ4n) is 0. The van der Waals surface area contributed by atoms with Gasteiger partial charge in [-0.1, -0.05) is 0 Å². The Labute approximate surface area is 63.3 Å². The van der Waals surface area contributed by atoms with Crippen LogP contribution in [-0.4, -0.2) is 11.2 Å². The summed E-state index contributed by atoms with van der Waals surface area (Å²) in [5.74, 6) is 0.190. The Morgan fingerprint density at radius 1 is 1.20 bits per heavy atom. The number of aliphatic hydroxyl groups excluding tert-OH is 1. The standard InChI is InChI=1S/C4H7N.C3H8O.H3N/c1-4(2)3-5;1-3(2)4;/h4H,1-2H3;3-4H,1-2H3;1H3. The highest BCUT2D eigenvalue weighted by atomic mass is 16.3. The molecule has 0 atom stereocenters. The van der Waals surface area contributed by atoms with E-state index in [-0.39, 0.29) is 18.2 Å². The number of hydrogen-bond acceptors (Lipinski definition) is 3. The summed E-state index contributed by atoms with van der Waals surface area (Å²) in [5, 5.41) is 15.9. The summed E-state index contributed by atoms with van der Waals surface area (Å²) >= 11 is 0.